The summed E-state index contributed by atoms with van der Waals surface area (Å²) in [7, 11) is 0. The van der Waals surface area contributed by atoms with Gasteiger partial charge in [0.15, 0.2) is 12.2 Å². The predicted molar refractivity (Wildman–Crippen MR) is 124 cm³/mol. The molecule has 0 spiro atoms. The molecule has 4 rings (SSSR count). The molecule has 2 amide bonds. The van der Waals surface area contributed by atoms with E-state index in [0.717, 1.165) is 22.4 Å². The van der Waals surface area contributed by atoms with Gasteiger partial charge in [-0.25, -0.2) is 0 Å². The Kier molecular flexibility index (Phi) is 7.20. The average molecular weight is 462 g/mol. The molecule has 1 aromatic heterocycles. The fourth-order valence-electron chi connectivity index (χ4n) is 3.82. The van der Waals surface area contributed by atoms with Crippen LogP contribution >= 0.6 is 0 Å². The highest BCUT2D eigenvalue weighted by atomic mass is 16.5. The highest BCUT2D eigenvalue weighted by Gasteiger charge is 2.36. The maximum Gasteiger partial charge on any atom is 0.255 e. The summed E-state index contributed by atoms with van der Waals surface area (Å²) in [4.78, 5) is 30.8. The molecule has 3 N–H and O–H groups in total. The largest absolute Gasteiger partial charge is 0.489 e. The van der Waals surface area contributed by atoms with Crippen molar-refractivity contribution >= 4 is 11.8 Å². The number of fused-ring (bicyclic) bond motifs is 1. The molecule has 1 aliphatic heterocycles. The zero-order chi connectivity index (χ0) is 24.1. The number of rotatable bonds is 8. The monoisotopic (exact) mass is 461 g/mol. The van der Waals surface area contributed by atoms with Crippen LogP contribution in [0, 0.1) is 0 Å². The number of ether oxygens (including phenoxy) is 1. The van der Waals surface area contributed by atoms with Gasteiger partial charge in [0, 0.05) is 12.7 Å². The number of carbonyl (C=O) groups is 2. The number of hydrogen-bond donors (Lipinski definition) is 3. The van der Waals surface area contributed by atoms with Crippen molar-refractivity contribution in [2.75, 3.05) is 0 Å². The van der Waals surface area contributed by atoms with Gasteiger partial charge in [0.2, 0.25) is 0 Å². The summed E-state index contributed by atoms with van der Waals surface area (Å²) in [5.74, 6) is -0.913. The van der Waals surface area contributed by atoms with Crippen molar-refractivity contribution in [1.29, 1.82) is 0 Å². The molecule has 3 aromatic rings. The summed E-state index contributed by atoms with van der Waals surface area (Å²) in [5.41, 5.74) is 3.41. The van der Waals surface area contributed by atoms with Crippen LogP contribution in [0.15, 0.2) is 72.9 Å². The smallest absolute Gasteiger partial charge is 0.255 e. The number of amides is 2. The van der Waals surface area contributed by atoms with Gasteiger partial charge in [-0.1, -0.05) is 48.5 Å². The molecule has 0 bridgehead atoms. The second-order valence-corrected chi connectivity index (χ2v) is 8.27. The molecule has 2 aromatic carbocycles. The third-order valence-corrected chi connectivity index (χ3v) is 5.78. The van der Waals surface area contributed by atoms with Crippen LogP contribution in [0.5, 0.6) is 5.75 Å². The summed E-state index contributed by atoms with van der Waals surface area (Å²) in [6.07, 6.45) is -2.14. The molecule has 176 valence electrons. The number of benzene rings is 2. The minimum Gasteiger partial charge on any atom is -0.489 e. The van der Waals surface area contributed by atoms with Gasteiger partial charge in [0.05, 0.1) is 18.3 Å². The van der Waals surface area contributed by atoms with E-state index in [1.807, 2.05) is 54.6 Å². The van der Waals surface area contributed by atoms with Crippen molar-refractivity contribution in [3.05, 3.63) is 95.3 Å². The number of aliphatic hydroxyl groups is 2. The molecule has 1 aliphatic rings. The van der Waals surface area contributed by atoms with Crippen LogP contribution in [-0.2, 0) is 29.3 Å². The van der Waals surface area contributed by atoms with Gasteiger partial charge in [-0.3, -0.25) is 14.6 Å². The average Bonchev–Trinajstić information content (AvgIpc) is 3.31. The Hall–Kier alpha value is -3.75. The van der Waals surface area contributed by atoms with E-state index in [2.05, 4.69) is 10.3 Å². The van der Waals surface area contributed by atoms with Crippen molar-refractivity contribution in [1.82, 2.24) is 15.2 Å². The fraction of sp³-hybridized carbons (Fsp3) is 0.269. The first kappa shape index (κ1) is 23.4. The molecule has 0 saturated heterocycles. The van der Waals surface area contributed by atoms with Gasteiger partial charge in [-0.05, 0) is 41.8 Å². The van der Waals surface area contributed by atoms with E-state index >= 15 is 0 Å². The molecule has 8 heteroatoms. The van der Waals surface area contributed by atoms with Gasteiger partial charge < -0.3 is 25.2 Å². The number of carbonyl (C=O) groups excluding carboxylic acids is 2. The maximum absolute atomic E-state index is 12.6. The summed E-state index contributed by atoms with van der Waals surface area (Å²) in [6, 6.07) is 20.2. The minimum absolute atomic E-state index is 0.229. The van der Waals surface area contributed by atoms with Gasteiger partial charge in [0.1, 0.15) is 12.4 Å². The van der Waals surface area contributed by atoms with Gasteiger partial charge in [-0.2, -0.15) is 0 Å². The standard InChI is InChI=1S/C26H27N3O5/c1-17(19-9-5-11-21(13-19)34-16-18-7-3-2-4-8-18)28-25(32)23(30)24(31)26(33)29-14-20-10-6-12-27-22(20)15-29/h2-13,17,23-24,30-31H,14-16H2,1H3,(H,28,32)/t17-,23-,24-/m1/s1. The van der Waals surface area contributed by atoms with Crippen molar-refractivity contribution in [3.63, 3.8) is 0 Å². The molecule has 34 heavy (non-hydrogen) atoms. The Morgan fingerprint density at radius 2 is 1.82 bits per heavy atom. The molecule has 0 aliphatic carbocycles. The molecular weight excluding hydrogens is 434 g/mol. The van der Waals surface area contributed by atoms with Crippen LogP contribution in [0.4, 0.5) is 0 Å². The number of pyridine rings is 1. The lowest BCUT2D eigenvalue weighted by Crippen LogP contribution is -2.50. The molecule has 3 atom stereocenters. The summed E-state index contributed by atoms with van der Waals surface area (Å²) in [5, 5.41) is 23.4. The van der Waals surface area contributed by atoms with Gasteiger partial charge in [0.25, 0.3) is 11.8 Å². The highest BCUT2D eigenvalue weighted by molar-refractivity contribution is 5.91. The van der Waals surface area contributed by atoms with Crippen LogP contribution in [0.3, 0.4) is 0 Å². The Labute approximate surface area is 197 Å². The predicted octanol–water partition coefficient (Wildman–Crippen LogP) is 2.10. The van der Waals surface area contributed by atoms with E-state index in [4.69, 9.17) is 4.74 Å². The summed E-state index contributed by atoms with van der Waals surface area (Å²) in [6.45, 7) is 2.66. The second kappa shape index (κ2) is 10.5. The first-order chi connectivity index (χ1) is 16.4. The Balaban J connectivity index is 1.32. The topological polar surface area (TPSA) is 112 Å². The van der Waals surface area contributed by atoms with E-state index in [-0.39, 0.29) is 13.1 Å². The van der Waals surface area contributed by atoms with E-state index in [9.17, 15) is 19.8 Å². The highest BCUT2D eigenvalue weighted by Crippen LogP contribution is 2.22. The van der Waals surface area contributed by atoms with Gasteiger partial charge in [-0.15, -0.1) is 0 Å². The Bertz CT molecular complexity index is 1130. The van der Waals surface area contributed by atoms with E-state index < -0.39 is 30.1 Å². The van der Waals surface area contributed by atoms with Crippen LogP contribution in [0.1, 0.15) is 35.3 Å². The Morgan fingerprint density at radius 1 is 1.03 bits per heavy atom. The van der Waals surface area contributed by atoms with Crippen molar-refractivity contribution in [3.8, 4) is 5.75 Å². The van der Waals surface area contributed by atoms with E-state index in [0.29, 0.717) is 12.4 Å². The number of aromatic nitrogens is 1. The first-order valence-electron chi connectivity index (χ1n) is 11.1. The number of nitrogens with one attached hydrogen (secondary N) is 1. The molecule has 0 saturated carbocycles. The quantitative estimate of drug-likeness (QED) is 0.474. The zero-order valence-corrected chi connectivity index (χ0v) is 18.8. The third kappa shape index (κ3) is 5.41. The van der Waals surface area contributed by atoms with Gasteiger partial charge >= 0.3 is 0 Å². The fourth-order valence-corrected chi connectivity index (χ4v) is 3.82. The normalized spacial score (nSPS) is 15.2. The SMILES string of the molecule is C[C@@H](NC(=O)[C@H](O)[C@@H](O)C(=O)N1Cc2cccnc2C1)c1cccc(OCc2ccccc2)c1. The second-order valence-electron chi connectivity index (χ2n) is 8.27. The molecule has 0 unspecified atom stereocenters. The van der Waals surface area contributed by atoms with Crippen LogP contribution in [0.2, 0.25) is 0 Å². The molecule has 8 nitrogen and oxygen atoms in total. The summed E-state index contributed by atoms with van der Waals surface area (Å²) < 4.78 is 5.83. The molecule has 0 fully saturated rings. The van der Waals surface area contributed by atoms with Crippen LogP contribution < -0.4 is 10.1 Å². The lowest BCUT2D eigenvalue weighted by molar-refractivity contribution is -0.153. The van der Waals surface area contributed by atoms with Crippen molar-refractivity contribution in [2.45, 2.75) is 44.9 Å². The zero-order valence-electron chi connectivity index (χ0n) is 18.8. The number of nitrogens with zero attached hydrogens (tertiary/aromatic N) is 2. The first-order valence-corrected chi connectivity index (χ1v) is 11.1. The number of hydrogen-bond acceptors (Lipinski definition) is 6. The number of aliphatic hydroxyl groups excluding tert-OH is 2. The van der Waals surface area contributed by atoms with Crippen molar-refractivity contribution < 1.29 is 24.5 Å². The Morgan fingerprint density at radius 3 is 2.59 bits per heavy atom. The lowest BCUT2D eigenvalue weighted by atomic mass is 10.1. The molecule has 2 heterocycles. The summed E-state index contributed by atoms with van der Waals surface area (Å²) >= 11 is 0. The minimum atomic E-state index is -1.90. The van der Waals surface area contributed by atoms with E-state index in [1.165, 1.54) is 4.90 Å². The molecular formula is C26H27N3O5. The van der Waals surface area contributed by atoms with Crippen molar-refractivity contribution in [2.24, 2.45) is 0 Å². The van der Waals surface area contributed by atoms with Crippen LogP contribution in [-0.4, -0.2) is 44.1 Å². The molecule has 0 radical (unpaired) electrons. The lowest BCUT2D eigenvalue weighted by Gasteiger charge is -2.24. The maximum atomic E-state index is 12.6. The third-order valence-electron chi connectivity index (χ3n) is 5.78. The van der Waals surface area contributed by atoms with E-state index in [1.54, 1.807) is 25.3 Å². The van der Waals surface area contributed by atoms with Crippen LogP contribution in [0.25, 0.3) is 0 Å².